The Labute approximate surface area is 108 Å². The number of carbonyl (C=O) groups excluding carboxylic acids is 1. The highest BCUT2D eigenvalue weighted by Crippen LogP contribution is 2.31. The van der Waals surface area contributed by atoms with Crippen LogP contribution in [-0.4, -0.2) is 46.7 Å². The Morgan fingerprint density at radius 3 is 2.33 bits per heavy atom. The molecule has 0 aromatic carbocycles. The molecule has 0 aromatic heterocycles. The highest BCUT2D eigenvalue weighted by molar-refractivity contribution is 5.84. The lowest BCUT2D eigenvalue weighted by molar-refractivity contribution is -0.151. The molecule has 0 saturated heterocycles. The number of amides is 1. The first-order chi connectivity index (χ1) is 8.43. The van der Waals surface area contributed by atoms with Crippen LogP contribution in [0.15, 0.2) is 0 Å². The fourth-order valence-corrected chi connectivity index (χ4v) is 2.50. The first kappa shape index (κ1) is 15.0. The van der Waals surface area contributed by atoms with Crippen LogP contribution in [0.1, 0.15) is 39.0 Å². The van der Waals surface area contributed by atoms with E-state index in [1.54, 1.807) is 18.9 Å². The summed E-state index contributed by atoms with van der Waals surface area (Å²) >= 11 is 0. The van der Waals surface area contributed by atoms with Crippen molar-refractivity contribution in [3.8, 4) is 0 Å². The minimum atomic E-state index is -0.864. The second kappa shape index (κ2) is 6.73. The van der Waals surface area contributed by atoms with E-state index < -0.39 is 23.9 Å². The summed E-state index contributed by atoms with van der Waals surface area (Å²) in [5, 5.41) is 18.3. The molecule has 0 aromatic rings. The lowest BCUT2D eigenvalue weighted by Gasteiger charge is -2.31. The molecule has 1 fully saturated rings. The van der Waals surface area contributed by atoms with Crippen molar-refractivity contribution in [3.63, 3.8) is 0 Å². The largest absolute Gasteiger partial charge is 0.481 e. The van der Waals surface area contributed by atoms with Crippen molar-refractivity contribution in [3.05, 3.63) is 0 Å². The SMILES string of the molecule is CC(O)CCN(C)C(=O)[C@@H]1CCCC[C@@H]1C(=O)O. The topological polar surface area (TPSA) is 77.8 Å². The Kier molecular flexibility index (Phi) is 5.59. The molecule has 1 aliphatic carbocycles. The van der Waals surface area contributed by atoms with E-state index in [0.717, 1.165) is 12.8 Å². The van der Waals surface area contributed by atoms with E-state index in [9.17, 15) is 14.7 Å². The van der Waals surface area contributed by atoms with Gasteiger partial charge in [-0.05, 0) is 26.2 Å². The smallest absolute Gasteiger partial charge is 0.307 e. The number of aliphatic hydroxyl groups is 1. The van der Waals surface area contributed by atoms with Gasteiger partial charge >= 0.3 is 5.97 Å². The summed E-state index contributed by atoms with van der Waals surface area (Å²) in [4.78, 5) is 24.9. The van der Waals surface area contributed by atoms with Crippen LogP contribution in [0.2, 0.25) is 0 Å². The van der Waals surface area contributed by atoms with Crippen molar-refractivity contribution in [2.24, 2.45) is 11.8 Å². The van der Waals surface area contributed by atoms with E-state index in [-0.39, 0.29) is 5.91 Å². The maximum absolute atomic E-state index is 12.2. The normalized spacial score (nSPS) is 25.5. The molecular weight excluding hydrogens is 234 g/mol. The molecule has 1 saturated carbocycles. The number of carbonyl (C=O) groups is 2. The molecule has 1 unspecified atom stereocenters. The van der Waals surface area contributed by atoms with Crippen LogP contribution in [0.25, 0.3) is 0 Å². The van der Waals surface area contributed by atoms with Gasteiger partial charge in [0.05, 0.1) is 17.9 Å². The van der Waals surface area contributed by atoms with E-state index in [2.05, 4.69) is 0 Å². The third kappa shape index (κ3) is 3.98. The molecule has 2 N–H and O–H groups in total. The Morgan fingerprint density at radius 1 is 1.28 bits per heavy atom. The van der Waals surface area contributed by atoms with E-state index in [0.29, 0.717) is 25.8 Å². The minimum absolute atomic E-state index is 0.0947. The molecule has 104 valence electrons. The Morgan fingerprint density at radius 2 is 1.83 bits per heavy atom. The molecular formula is C13H23NO4. The van der Waals surface area contributed by atoms with Crippen molar-refractivity contribution in [2.45, 2.75) is 45.1 Å². The molecule has 0 spiro atoms. The van der Waals surface area contributed by atoms with Crippen LogP contribution in [0.4, 0.5) is 0 Å². The Bertz CT molecular complexity index is 303. The molecule has 3 atom stereocenters. The molecule has 1 amide bonds. The lowest BCUT2D eigenvalue weighted by Crippen LogP contribution is -2.41. The molecule has 0 bridgehead atoms. The number of aliphatic carboxylic acids is 1. The standard InChI is InChI=1S/C13H23NO4/c1-9(15)7-8-14(2)12(16)10-5-3-4-6-11(10)13(17)18/h9-11,15H,3-8H2,1-2H3,(H,17,18)/t9?,10-,11+/m1/s1. The predicted molar refractivity (Wildman–Crippen MR) is 67.0 cm³/mol. The summed E-state index contributed by atoms with van der Waals surface area (Å²) in [5.74, 6) is -1.89. The van der Waals surface area contributed by atoms with Gasteiger partial charge in [0.1, 0.15) is 0 Å². The zero-order valence-electron chi connectivity index (χ0n) is 11.1. The summed E-state index contributed by atoms with van der Waals surface area (Å²) in [5.41, 5.74) is 0. The van der Waals surface area contributed by atoms with Gasteiger partial charge in [-0.25, -0.2) is 0 Å². The summed E-state index contributed by atoms with van der Waals surface area (Å²) in [6.45, 7) is 2.15. The molecule has 0 radical (unpaired) electrons. The number of rotatable bonds is 5. The third-order valence-electron chi connectivity index (χ3n) is 3.66. The first-order valence-corrected chi connectivity index (χ1v) is 6.59. The zero-order valence-corrected chi connectivity index (χ0v) is 11.1. The van der Waals surface area contributed by atoms with E-state index >= 15 is 0 Å². The number of hydrogen-bond donors (Lipinski definition) is 2. The number of aliphatic hydroxyl groups excluding tert-OH is 1. The van der Waals surface area contributed by atoms with Crippen molar-refractivity contribution in [2.75, 3.05) is 13.6 Å². The average Bonchev–Trinajstić information content (AvgIpc) is 2.34. The molecule has 5 nitrogen and oxygen atoms in total. The van der Waals surface area contributed by atoms with E-state index in [1.807, 2.05) is 0 Å². The van der Waals surface area contributed by atoms with Gasteiger partial charge in [-0.3, -0.25) is 9.59 Å². The Hall–Kier alpha value is -1.10. The quantitative estimate of drug-likeness (QED) is 0.773. The second-order valence-corrected chi connectivity index (χ2v) is 5.23. The maximum Gasteiger partial charge on any atom is 0.307 e. The number of nitrogens with zero attached hydrogens (tertiary/aromatic N) is 1. The summed E-state index contributed by atoms with van der Waals surface area (Å²) in [7, 11) is 1.68. The van der Waals surface area contributed by atoms with Crippen LogP contribution in [0.5, 0.6) is 0 Å². The second-order valence-electron chi connectivity index (χ2n) is 5.23. The van der Waals surface area contributed by atoms with Crippen molar-refractivity contribution >= 4 is 11.9 Å². The van der Waals surface area contributed by atoms with Gasteiger partial charge in [-0.1, -0.05) is 12.8 Å². The summed E-state index contributed by atoms with van der Waals surface area (Å²) in [6, 6.07) is 0. The van der Waals surface area contributed by atoms with Gasteiger partial charge in [-0.15, -0.1) is 0 Å². The number of carboxylic acid groups (broad SMARTS) is 1. The Balaban J connectivity index is 2.59. The maximum atomic E-state index is 12.2. The molecule has 1 aliphatic rings. The zero-order chi connectivity index (χ0) is 13.7. The number of hydrogen-bond acceptors (Lipinski definition) is 3. The van der Waals surface area contributed by atoms with E-state index in [1.165, 1.54) is 0 Å². The predicted octanol–water partition coefficient (Wildman–Crippen LogP) is 1.11. The monoisotopic (exact) mass is 257 g/mol. The van der Waals surface area contributed by atoms with Crippen LogP contribution < -0.4 is 0 Å². The fourth-order valence-electron chi connectivity index (χ4n) is 2.50. The van der Waals surface area contributed by atoms with Crippen LogP contribution in [0, 0.1) is 11.8 Å². The molecule has 1 rings (SSSR count). The van der Waals surface area contributed by atoms with E-state index in [4.69, 9.17) is 5.11 Å². The minimum Gasteiger partial charge on any atom is -0.481 e. The van der Waals surface area contributed by atoms with Crippen LogP contribution in [-0.2, 0) is 9.59 Å². The molecule has 0 heterocycles. The van der Waals surface area contributed by atoms with Gasteiger partial charge < -0.3 is 15.1 Å². The van der Waals surface area contributed by atoms with Crippen molar-refractivity contribution in [1.82, 2.24) is 4.90 Å². The van der Waals surface area contributed by atoms with Gasteiger partial charge in [0.15, 0.2) is 0 Å². The summed E-state index contributed by atoms with van der Waals surface area (Å²) in [6.07, 6.45) is 3.14. The number of carboxylic acids is 1. The van der Waals surface area contributed by atoms with Gasteiger partial charge in [0.25, 0.3) is 0 Å². The van der Waals surface area contributed by atoms with Crippen molar-refractivity contribution in [1.29, 1.82) is 0 Å². The molecule has 5 heteroatoms. The van der Waals surface area contributed by atoms with Crippen molar-refractivity contribution < 1.29 is 19.8 Å². The lowest BCUT2D eigenvalue weighted by atomic mass is 9.78. The average molecular weight is 257 g/mol. The van der Waals surface area contributed by atoms with Crippen LogP contribution >= 0.6 is 0 Å². The molecule has 0 aliphatic heterocycles. The van der Waals surface area contributed by atoms with Crippen LogP contribution in [0.3, 0.4) is 0 Å². The molecule has 18 heavy (non-hydrogen) atoms. The van der Waals surface area contributed by atoms with Gasteiger partial charge in [0.2, 0.25) is 5.91 Å². The first-order valence-electron chi connectivity index (χ1n) is 6.59. The third-order valence-corrected chi connectivity index (χ3v) is 3.66. The fraction of sp³-hybridized carbons (Fsp3) is 0.846. The van der Waals surface area contributed by atoms with Gasteiger partial charge in [0, 0.05) is 13.6 Å². The summed E-state index contributed by atoms with van der Waals surface area (Å²) < 4.78 is 0. The van der Waals surface area contributed by atoms with Gasteiger partial charge in [-0.2, -0.15) is 0 Å². The highest BCUT2D eigenvalue weighted by Gasteiger charge is 2.36. The highest BCUT2D eigenvalue weighted by atomic mass is 16.4.